The van der Waals surface area contributed by atoms with Gasteiger partial charge < -0.3 is 10.2 Å². The summed E-state index contributed by atoms with van der Waals surface area (Å²) in [5, 5.41) is 1.58. The summed E-state index contributed by atoms with van der Waals surface area (Å²) in [4.78, 5) is 26.6. The van der Waals surface area contributed by atoms with Crippen molar-refractivity contribution in [1.82, 2.24) is 0 Å². The van der Waals surface area contributed by atoms with Gasteiger partial charge in [-0.15, -0.1) is 0 Å². The molecule has 9 heteroatoms. The van der Waals surface area contributed by atoms with Gasteiger partial charge in [0.15, 0.2) is 9.84 Å². The van der Waals surface area contributed by atoms with Gasteiger partial charge in [0, 0.05) is 24.6 Å². The van der Waals surface area contributed by atoms with E-state index >= 15 is 0 Å². The van der Waals surface area contributed by atoms with Gasteiger partial charge in [-0.1, -0.05) is 11.6 Å². The number of anilines is 2. The number of nitrogens with zero attached hydrogens (tertiary/aromatic N) is 1. The minimum atomic E-state index is -3.76. The molecular formula is C22H22ClFN2O4S. The summed E-state index contributed by atoms with van der Waals surface area (Å²) in [5.41, 5.74) is 1.81. The van der Waals surface area contributed by atoms with Gasteiger partial charge in [0.05, 0.1) is 20.9 Å². The highest BCUT2D eigenvalue weighted by molar-refractivity contribution is 7.92. The lowest BCUT2D eigenvalue weighted by atomic mass is 10.2. The zero-order valence-electron chi connectivity index (χ0n) is 16.9. The third kappa shape index (κ3) is 4.45. The first-order chi connectivity index (χ1) is 14.7. The van der Waals surface area contributed by atoms with E-state index in [-0.39, 0.29) is 33.9 Å². The Balaban J connectivity index is 1.46. The fourth-order valence-electron chi connectivity index (χ4n) is 3.73. The lowest BCUT2D eigenvalue weighted by Gasteiger charge is -2.18. The molecule has 1 fully saturated rings. The molecule has 31 heavy (non-hydrogen) atoms. The van der Waals surface area contributed by atoms with E-state index in [9.17, 15) is 22.4 Å². The second-order valence-corrected chi connectivity index (χ2v) is 10.8. The van der Waals surface area contributed by atoms with Gasteiger partial charge in [0.2, 0.25) is 11.8 Å². The summed E-state index contributed by atoms with van der Waals surface area (Å²) in [7, 11) is -3.76. The predicted octanol–water partition coefficient (Wildman–Crippen LogP) is 3.97. The molecule has 0 spiro atoms. The maximum atomic E-state index is 13.1. The fraction of sp³-hybridized carbons (Fsp3) is 0.364. The van der Waals surface area contributed by atoms with Crippen LogP contribution in [0.3, 0.4) is 0 Å². The van der Waals surface area contributed by atoms with Gasteiger partial charge >= 0.3 is 0 Å². The topological polar surface area (TPSA) is 83.6 Å². The Labute approximate surface area is 185 Å². The van der Waals surface area contributed by atoms with E-state index in [1.54, 1.807) is 17.0 Å². The average molecular weight is 465 g/mol. The number of carbonyl (C=O) groups is 2. The zero-order valence-corrected chi connectivity index (χ0v) is 18.5. The maximum absolute atomic E-state index is 13.1. The van der Waals surface area contributed by atoms with Crippen LogP contribution in [0.15, 0.2) is 41.3 Å². The Morgan fingerprint density at radius 1 is 1.23 bits per heavy atom. The summed E-state index contributed by atoms with van der Waals surface area (Å²) in [6.07, 6.45) is 2.16. The van der Waals surface area contributed by atoms with Crippen molar-refractivity contribution in [2.75, 3.05) is 16.8 Å². The van der Waals surface area contributed by atoms with E-state index < -0.39 is 26.8 Å². The Hall–Kier alpha value is -2.45. The number of amides is 2. The number of halogens is 2. The standard InChI is InChI=1S/C22H22ClFN2O4S/c1-13(10-21(27)25-19-6-4-16(24)12-18(19)23)31(29,30)17-5-7-20-15(11-17)8-9-26(20)22(28)14-2-3-14/h4-7,11-14H,2-3,8-10H2,1H3,(H,25,27)/t13-/m1/s1. The smallest absolute Gasteiger partial charge is 0.230 e. The van der Waals surface area contributed by atoms with Crippen LogP contribution in [-0.2, 0) is 25.8 Å². The Bertz CT molecular complexity index is 1160. The van der Waals surface area contributed by atoms with Crippen LogP contribution >= 0.6 is 11.6 Å². The van der Waals surface area contributed by atoms with Gasteiger partial charge in [-0.2, -0.15) is 0 Å². The van der Waals surface area contributed by atoms with Gasteiger partial charge in [-0.25, -0.2) is 12.8 Å². The average Bonchev–Trinajstić information content (AvgIpc) is 3.48. The molecule has 1 N–H and O–H groups in total. The molecule has 1 aliphatic carbocycles. The minimum absolute atomic E-state index is 0.0350. The zero-order chi connectivity index (χ0) is 22.3. The quantitative estimate of drug-likeness (QED) is 0.701. The Morgan fingerprint density at radius 2 is 1.97 bits per heavy atom. The molecule has 2 aliphatic rings. The highest BCUT2D eigenvalue weighted by Gasteiger charge is 2.37. The molecule has 0 radical (unpaired) electrons. The summed E-state index contributed by atoms with van der Waals surface area (Å²) in [5.74, 6) is -0.860. The number of hydrogen-bond acceptors (Lipinski definition) is 4. The Morgan fingerprint density at radius 3 is 2.65 bits per heavy atom. The molecular weight excluding hydrogens is 443 g/mol. The molecule has 0 unspecified atom stereocenters. The fourth-order valence-corrected chi connectivity index (χ4v) is 5.34. The van der Waals surface area contributed by atoms with Gasteiger partial charge in [-0.3, -0.25) is 9.59 Å². The number of hydrogen-bond donors (Lipinski definition) is 1. The molecule has 1 heterocycles. The maximum Gasteiger partial charge on any atom is 0.230 e. The van der Waals surface area contributed by atoms with Crippen LogP contribution in [0.25, 0.3) is 0 Å². The number of nitrogens with one attached hydrogen (secondary N) is 1. The lowest BCUT2D eigenvalue weighted by Crippen LogP contribution is -2.30. The summed E-state index contributed by atoms with van der Waals surface area (Å²) < 4.78 is 39.2. The SMILES string of the molecule is C[C@H](CC(=O)Nc1ccc(F)cc1Cl)S(=O)(=O)c1ccc2c(c1)CCN2C(=O)C1CC1. The van der Waals surface area contributed by atoms with E-state index in [4.69, 9.17) is 11.6 Å². The van der Waals surface area contributed by atoms with E-state index in [2.05, 4.69) is 5.32 Å². The third-order valence-corrected chi connectivity index (χ3v) is 8.13. The summed E-state index contributed by atoms with van der Waals surface area (Å²) >= 11 is 5.91. The largest absolute Gasteiger partial charge is 0.325 e. The number of benzene rings is 2. The van der Waals surface area contributed by atoms with E-state index in [0.717, 1.165) is 36.2 Å². The molecule has 2 aromatic rings. The number of fused-ring (bicyclic) bond motifs is 1. The summed E-state index contributed by atoms with van der Waals surface area (Å²) in [6, 6.07) is 8.33. The number of rotatable bonds is 6. The van der Waals surface area contributed by atoms with Crippen molar-refractivity contribution in [3.8, 4) is 0 Å². The van der Waals surface area contributed by atoms with Crippen molar-refractivity contribution in [3.05, 3.63) is 52.8 Å². The number of sulfone groups is 1. The molecule has 0 saturated heterocycles. The van der Waals surface area contributed by atoms with Crippen molar-refractivity contribution in [2.24, 2.45) is 5.92 Å². The molecule has 2 amide bonds. The Kier molecular flexibility index (Phi) is 5.79. The van der Waals surface area contributed by atoms with Crippen LogP contribution in [0.2, 0.25) is 5.02 Å². The molecule has 6 nitrogen and oxygen atoms in total. The molecule has 0 bridgehead atoms. The normalized spacial score (nSPS) is 16.7. The van der Waals surface area contributed by atoms with Crippen molar-refractivity contribution < 1.29 is 22.4 Å². The monoisotopic (exact) mass is 464 g/mol. The van der Waals surface area contributed by atoms with Crippen LogP contribution in [0.1, 0.15) is 31.7 Å². The van der Waals surface area contributed by atoms with E-state index in [0.29, 0.717) is 13.0 Å². The molecule has 1 aliphatic heterocycles. The second kappa shape index (κ2) is 8.24. The van der Waals surface area contributed by atoms with E-state index in [1.165, 1.54) is 19.1 Å². The van der Waals surface area contributed by atoms with Crippen LogP contribution in [0.5, 0.6) is 0 Å². The van der Waals surface area contributed by atoms with Crippen molar-refractivity contribution >= 4 is 44.6 Å². The van der Waals surface area contributed by atoms with Crippen LogP contribution in [0.4, 0.5) is 15.8 Å². The second-order valence-electron chi connectivity index (χ2n) is 8.04. The van der Waals surface area contributed by atoms with Crippen molar-refractivity contribution in [3.63, 3.8) is 0 Å². The molecule has 164 valence electrons. The first-order valence-electron chi connectivity index (χ1n) is 10.1. The first kappa shape index (κ1) is 21.8. The highest BCUT2D eigenvalue weighted by Crippen LogP contribution is 2.37. The van der Waals surface area contributed by atoms with Gasteiger partial charge in [-0.05, 0) is 68.1 Å². The third-order valence-electron chi connectivity index (χ3n) is 5.68. The van der Waals surface area contributed by atoms with Gasteiger partial charge in [0.1, 0.15) is 5.82 Å². The van der Waals surface area contributed by atoms with Crippen LogP contribution in [0, 0.1) is 11.7 Å². The molecule has 2 aromatic carbocycles. The van der Waals surface area contributed by atoms with Crippen molar-refractivity contribution in [1.29, 1.82) is 0 Å². The van der Waals surface area contributed by atoms with Gasteiger partial charge in [0.25, 0.3) is 0 Å². The van der Waals surface area contributed by atoms with Crippen LogP contribution < -0.4 is 10.2 Å². The first-order valence-corrected chi connectivity index (χ1v) is 12.0. The van der Waals surface area contributed by atoms with Crippen LogP contribution in [-0.4, -0.2) is 32.0 Å². The molecule has 0 aromatic heterocycles. The van der Waals surface area contributed by atoms with Crippen molar-refractivity contribution in [2.45, 2.75) is 42.8 Å². The number of carbonyl (C=O) groups excluding carboxylic acids is 2. The molecule has 1 saturated carbocycles. The predicted molar refractivity (Wildman–Crippen MR) is 117 cm³/mol. The molecule has 4 rings (SSSR count). The molecule has 1 atom stereocenters. The van der Waals surface area contributed by atoms with E-state index in [1.807, 2.05) is 0 Å². The summed E-state index contributed by atoms with van der Waals surface area (Å²) in [6.45, 7) is 2.03. The highest BCUT2D eigenvalue weighted by atomic mass is 35.5. The minimum Gasteiger partial charge on any atom is -0.325 e. The lowest BCUT2D eigenvalue weighted by molar-refractivity contribution is -0.119.